The Kier molecular flexibility index (Phi) is 7.12. The molecule has 0 atom stereocenters. The zero-order valence-electron chi connectivity index (χ0n) is 21.8. The first-order chi connectivity index (χ1) is 18.4. The van der Waals surface area contributed by atoms with Crippen molar-refractivity contribution in [2.45, 2.75) is 13.5 Å². The molecule has 3 heterocycles. The molecule has 5 rings (SSSR count). The summed E-state index contributed by atoms with van der Waals surface area (Å²) in [7, 11) is 3.21. The smallest absolute Gasteiger partial charge is 0.317 e. The maximum absolute atomic E-state index is 12.8. The number of urea groups is 1. The number of fused-ring (bicyclic) bond motifs is 1. The minimum absolute atomic E-state index is 0.0768. The predicted octanol–water partition coefficient (Wildman–Crippen LogP) is 3.63. The Morgan fingerprint density at radius 3 is 2.47 bits per heavy atom. The van der Waals surface area contributed by atoms with Crippen LogP contribution in [0.1, 0.15) is 11.1 Å². The molecule has 2 amide bonds. The van der Waals surface area contributed by atoms with Gasteiger partial charge in [-0.3, -0.25) is 0 Å². The van der Waals surface area contributed by atoms with Crippen LogP contribution in [0.2, 0.25) is 0 Å². The van der Waals surface area contributed by atoms with Crippen molar-refractivity contribution in [3.05, 3.63) is 65.7 Å². The van der Waals surface area contributed by atoms with Crippen molar-refractivity contribution in [1.82, 2.24) is 25.2 Å². The Hall–Kier alpha value is -4.60. The number of piperazine rings is 1. The van der Waals surface area contributed by atoms with Crippen LogP contribution < -0.4 is 25.4 Å². The van der Waals surface area contributed by atoms with Gasteiger partial charge in [0.05, 0.1) is 25.4 Å². The van der Waals surface area contributed by atoms with Crippen LogP contribution in [0.15, 0.2) is 54.6 Å². The zero-order valence-corrected chi connectivity index (χ0v) is 21.8. The molecule has 1 aliphatic rings. The number of aryl methyl sites for hydroxylation is 1. The van der Waals surface area contributed by atoms with Gasteiger partial charge in [0.25, 0.3) is 0 Å². The van der Waals surface area contributed by atoms with Crippen molar-refractivity contribution in [1.29, 1.82) is 0 Å². The molecule has 1 aliphatic heterocycles. The minimum atomic E-state index is -0.0768. The number of nitrogen functional groups attached to an aromatic ring is 1. The van der Waals surface area contributed by atoms with Crippen LogP contribution >= 0.6 is 0 Å². The van der Waals surface area contributed by atoms with E-state index in [4.69, 9.17) is 20.2 Å². The fourth-order valence-electron chi connectivity index (χ4n) is 4.63. The van der Waals surface area contributed by atoms with E-state index in [2.05, 4.69) is 26.3 Å². The van der Waals surface area contributed by atoms with E-state index in [1.54, 1.807) is 14.2 Å². The predicted molar refractivity (Wildman–Crippen MR) is 147 cm³/mol. The summed E-state index contributed by atoms with van der Waals surface area (Å²) in [6.45, 7) is 4.86. The SMILES string of the molecule is COc1ccc(-c2ccc3nc(N)nc(N4CCN(C(=O)NCc5cccc(C)c5)CC4)c3n2)cc1OC. The van der Waals surface area contributed by atoms with E-state index in [1.165, 1.54) is 5.56 Å². The van der Waals surface area contributed by atoms with E-state index < -0.39 is 0 Å². The number of nitrogens with one attached hydrogen (secondary N) is 1. The van der Waals surface area contributed by atoms with Gasteiger partial charge in [-0.1, -0.05) is 29.8 Å². The number of aromatic nitrogens is 3. The molecular formula is C28H31N7O3. The molecule has 1 fully saturated rings. The molecular weight excluding hydrogens is 482 g/mol. The normalized spacial score (nSPS) is 13.4. The molecule has 0 saturated carbocycles. The van der Waals surface area contributed by atoms with Gasteiger partial charge in [0.2, 0.25) is 5.95 Å². The number of rotatable bonds is 6. The highest BCUT2D eigenvalue weighted by Gasteiger charge is 2.24. The van der Waals surface area contributed by atoms with E-state index in [9.17, 15) is 4.79 Å². The monoisotopic (exact) mass is 513 g/mol. The van der Waals surface area contributed by atoms with Gasteiger partial charge in [-0.2, -0.15) is 4.98 Å². The summed E-state index contributed by atoms with van der Waals surface area (Å²) in [4.78, 5) is 30.5. The summed E-state index contributed by atoms with van der Waals surface area (Å²) in [5.74, 6) is 2.12. The number of carbonyl (C=O) groups excluding carboxylic acids is 1. The maximum atomic E-state index is 12.8. The molecule has 2 aromatic heterocycles. The van der Waals surface area contributed by atoms with Gasteiger partial charge in [-0.25, -0.2) is 14.8 Å². The number of hydrogen-bond donors (Lipinski definition) is 2. The van der Waals surface area contributed by atoms with Gasteiger partial charge in [-0.05, 0) is 42.8 Å². The second-order valence-electron chi connectivity index (χ2n) is 9.16. The highest BCUT2D eigenvalue weighted by Crippen LogP contribution is 2.33. The van der Waals surface area contributed by atoms with Gasteiger partial charge in [0.1, 0.15) is 5.52 Å². The summed E-state index contributed by atoms with van der Waals surface area (Å²) >= 11 is 0. The van der Waals surface area contributed by atoms with Crippen molar-refractivity contribution in [2.75, 3.05) is 51.0 Å². The van der Waals surface area contributed by atoms with Crippen LogP contribution in [-0.4, -0.2) is 66.3 Å². The third kappa shape index (κ3) is 5.24. The molecule has 38 heavy (non-hydrogen) atoms. The highest BCUT2D eigenvalue weighted by molar-refractivity contribution is 5.89. The number of ether oxygens (including phenoxy) is 2. The number of methoxy groups -OCH3 is 2. The summed E-state index contributed by atoms with van der Waals surface area (Å²) in [6, 6.07) is 17.5. The van der Waals surface area contributed by atoms with E-state index in [-0.39, 0.29) is 12.0 Å². The summed E-state index contributed by atoms with van der Waals surface area (Å²) in [5, 5.41) is 3.02. The van der Waals surface area contributed by atoms with Crippen LogP contribution in [0.4, 0.5) is 16.6 Å². The molecule has 4 aromatic rings. The molecule has 0 radical (unpaired) electrons. The van der Waals surface area contributed by atoms with Crippen molar-refractivity contribution < 1.29 is 14.3 Å². The van der Waals surface area contributed by atoms with E-state index in [0.717, 1.165) is 16.8 Å². The number of pyridine rings is 1. The maximum Gasteiger partial charge on any atom is 0.317 e. The molecule has 0 bridgehead atoms. The molecule has 10 nitrogen and oxygen atoms in total. The van der Waals surface area contributed by atoms with Crippen LogP contribution in [0.3, 0.4) is 0 Å². The third-order valence-corrected chi connectivity index (χ3v) is 6.61. The first-order valence-electron chi connectivity index (χ1n) is 12.4. The van der Waals surface area contributed by atoms with Crippen molar-refractivity contribution in [2.24, 2.45) is 0 Å². The Morgan fingerprint density at radius 2 is 1.74 bits per heavy atom. The Morgan fingerprint density at radius 1 is 0.947 bits per heavy atom. The fraction of sp³-hybridized carbons (Fsp3) is 0.286. The lowest BCUT2D eigenvalue weighted by Crippen LogP contribution is -2.52. The van der Waals surface area contributed by atoms with Gasteiger partial charge in [0, 0.05) is 38.3 Å². The van der Waals surface area contributed by atoms with Crippen LogP contribution in [0.25, 0.3) is 22.3 Å². The first-order valence-corrected chi connectivity index (χ1v) is 12.4. The van der Waals surface area contributed by atoms with Crippen molar-refractivity contribution in [3.8, 4) is 22.8 Å². The number of nitrogens with two attached hydrogens (primary N) is 1. The average Bonchev–Trinajstić information content (AvgIpc) is 2.95. The molecule has 2 aromatic carbocycles. The standard InChI is InChI=1S/C28H31N7O3/c1-18-5-4-6-19(15-18)17-30-28(36)35-13-11-34(12-14-35)26-25-22(32-27(29)33-26)9-8-21(31-25)20-7-10-23(37-2)24(16-20)38-3/h4-10,15-16H,11-14,17H2,1-3H3,(H,30,36)(H2,29,32,33). The van der Waals surface area contributed by atoms with Crippen molar-refractivity contribution >= 4 is 28.8 Å². The lowest BCUT2D eigenvalue weighted by Gasteiger charge is -2.35. The second-order valence-corrected chi connectivity index (χ2v) is 9.16. The average molecular weight is 514 g/mol. The summed E-state index contributed by atoms with van der Waals surface area (Å²) < 4.78 is 10.8. The molecule has 3 N–H and O–H groups in total. The van der Waals surface area contributed by atoms with Gasteiger partial charge in [0.15, 0.2) is 17.3 Å². The molecule has 1 saturated heterocycles. The first kappa shape index (κ1) is 25.1. The quantitative estimate of drug-likeness (QED) is 0.401. The third-order valence-electron chi connectivity index (χ3n) is 6.61. The molecule has 0 unspecified atom stereocenters. The highest BCUT2D eigenvalue weighted by atomic mass is 16.5. The molecule has 196 valence electrons. The number of benzene rings is 2. The molecule has 0 aliphatic carbocycles. The Labute approximate surface area is 221 Å². The summed E-state index contributed by atoms with van der Waals surface area (Å²) in [5.41, 5.74) is 11.2. The van der Waals surface area contributed by atoms with E-state index >= 15 is 0 Å². The number of carbonyl (C=O) groups is 1. The van der Waals surface area contributed by atoms with Gasteiger partial charge < -0.3 is 30.3 Å². The van der Waals surface area contributed by atoms with Crippen LogP contribution in [-0.2, 0) is 6.54 Å². The number of anilines is 2. The number of amides is 2. The van der Waals surface area contributed by atoms with E-state index in [0.29, 0.717) is 61.1 Å². The zero-order chi connectivity index (χ0) is 26.6. The van der Waals surface area contributed by atoms with Crippen molar-refractivity contribution in [3.63, 3.8) is 0 Å². The summed E-state index contributed by atoms with van der Waals surface area (Å²) in [6.07, 6.45) is 0. The fourth-order valence-corrected chi connectivity index (χ4v) is 4.63. The number of nitrogens with zero attached hydrogens (tertiary/aromatic N) is 5. The number of hydrogen-bond acceptors (Lipinski definition) is 8. The Bertz CT molecular complexity index is 1470. The van der Waals surface area contributed by atoms with Gasteiger partial charge in [-0.15, -0.1) is 0 Å². The largest absolute Gasteiger partial charge is 0.493 e. The second kappa shape index (κ2) is 10.8. The van der Waals surface area contributed by atoms with Gasteiger partial charge >= 0.3 is 6.03 Å². The molecule has 10 heteroatoms. The van der Waals surface area contributed by atoms with Crippen LogP contribution in [0.5, 0.6) is 11.5 Å². The topological polar surface area (TPSA) is 119 Å². The minimum Gasteiger partial charge on any atom is -0.493 e. The van der Waals surface area contributed by atoms with E-state index in [1.807, 2.05) is 60.4 Å². The van der Waals surface area contributed by atoms with Crippen LogP contribution in [0, 0.1) is 6.92 Å². The molecule has 0 spiro atoms. The Balaban J connectivity index is 1.33. The lowest BCUT2D eigenvalue weighted by atomic mass is 10.1. The lowest BCUT2D eigenvalue weighted by molar-refractivity contribution is 0.194.